The van der Waals surface area contributed by atoms with Crippen LogP contribution in [0, 0.1) is 17.8 Å². The largest absolute Gasteiger partial charge is 0.404 e. The minimum atomic E-state index is 0.403. The number of nitrogens with one attached hydrogen (secondary N) is 1. The summed E-state index contributed by atoms with van der Waals surface area (Å²) in [4.78, 5) is 0. The predicted molar refractivity (Wildman–Crippen MR) is 29.9 cm³/mol. The molecule has 0 radical (unpaired) electrons. The Labute approximate surface area is 42.5 Å². The van der Waals surface area contributed by atoms with Crippen LogP contribution in [0.15, 0.2) is 11.8 Å². The number of hydrogen-bond donors (Lipinski definition) is 2. The van der Waals surface area contributed by atoms with E-state index in [4.69, 9.17) is 17.6 Å². The summed E-state index contributed by atoms with van der Waals surface area (Å²) in [5.41, 5.74) is 5.34. The lowest BCUT2D eigenvalue weighted by Gasteiger charge is -1.77. The first-order valence-electron chi connectivity index (χ1n) is 1.74. The smallest absolute Gasteiger partial charge is 0.0572 e. The molecule has 0 heterocycles. The molecule has 0 amide bonds. The molecular formula is C5H6N2. The molecule has 7 heavy (non-hydrogen) atoms. The molecule has 0 aliphatic carbocycles. The van der Waals surface area contributed by atoms with E-state index in [0.717, 1.165) is 6.21 Å². The molecule has 0 aliphatic rings. The zero-order valence-corrected chi connectivity index (χ0v) is 3.81. The summed E-state index contributed by atoms with van der Waals surface area (Å²) in [6.07, 6.45) is 7.09. The fraction of sp³-hybridized carbons (Fsp3) is 0. The highest BCUT2D eigenvalue weighted by atomic mass is 14.5. The lowest BCUT2D eigenvalue weighted by molar-refractivity contribution is 1.52. The minimum Gasteiger partial charge on any atom is -0.404 e. The normalized spacial score (nSPS) is 9.86. The Bertz CT molecular complexity index is 128. The zero-order valence-electron chi connectivity index (χ0n) is 3.81. The highest BCUT2D eigenvalue weighted by molar-refractivity contribution is 5.81. The Morgan fingerprint density at radius 3 is 2.43 bits per heavy atom. The fourth-order valence-electron chi connectivity index (χ4n) is 0.138. The van der Waals surface area contributed by atoms with Crippen molar-refractivity contribution in [2.24, 2.45) is 5.73 Å². The van der Waals surface area contributed by atoms with Crippen LogP contribution in [0.5, 0.6) is 0 Å². The Hall–Kier alpha value is -1.23. The van der Waals surface area contributed by atoms with E-state index in [1.54, 1.807) is 0 Å². The average Bonchev–Trinajstić information content (AvgIpc) is 1.72. The molecule has 0 aromatic carbocycles. The van der Waals surface area contributed by atoms with Gasteiger partial charge in [-0.3, -0.25) is 0 Å². The van der Waals surface area contributed by atoms with Crippen LogP contribution in [0.4, 0.5) is 0 Å². The first-order valence-corrected chi connectivity index (χ1v) is 1.74. The molecule has 0 saturated carbocycles. The van der Waals surface area contributed by atoms with E-state index in [1.807, 2.05) is 0 Å². The van der Waals surface area contributed by atoms with Crippen molar-refractivity contribution >= 4 is 6.21 Å². The van der Waals surface area contributed by atoms with E-state index in [9.17, 15) is 0 Å². The van der Waals surface area contributed by atoms with Gasteiger partial charge in [-0.05, 0) is 0 Å². The second-order valence-electron chi connectivity index (χ2n) is 0.911. The number of terminal acetylenes is 1. The van der Waals surface area contributed by atoms with Crippen molar-refractivity contribution < 1.29 is 0 Å². The van der Waals surface area contributed by atoms with Crippen molar-refractivity contribution in [2.45, 2.75) is 0 Å². The van der Waals surface area contributed by atoms with Crippen molar-refractivity contribution in [1.82, 2.24) is 0 Å². The number of nitrogens with two attached hydrogens (primary N) is 1. The van der Waals surface area contributed by atoms with Gasteiger partial charge in [0.05, 0.1) is 5.57 Å². The quantitative estimate of drug-likeness (QED) is 0.351. The molecule has 0 bridgehead atoms. The van der Waals surface area contributed by atoms with Gasteiger partial charge >= 0.3 is 0 Å². The van der Waals surface area contributed by atoms with Gasteiger partial charge in [0.2, 0.25) is 0 Å². The second-order valence-corrected chi connectivity index (χ2v) is 0.911. The summed E-state index contributed by atoms with van der Waals surface area (Å²) in [5, 5.41) is 6.54. The highest BCUT2D eigenvalue weighted by Gasteiger charge is 1.75. The van der Waals surface area contributed by atoms with Gasteiger partial charge in [0, 0.05) is 12.4 Å². The van der Waals surface area contributed by atoms with Gasteiger partial charge in [-0.1, -0.05) is 5.92 Å². The predicted octanol–water partition coefficient (Wildman–Crippen LogP) is 0.112. The molecule has 0 aromatic rings. The maximum atomic E-state index is 6.54. The van der Waals surface area contributed by atoms with E-state index in [-0.39, 0.29) is 0 Å². The third kappa shape index (κ3) is 1.61. The SMILES string of the molecule is C#C/C(C=N)=C/N. The summed E-state index contributed by atoms with van der Waals surface area (Å²) in [7, 11) is 0. The molecule has 0 rings (SSSR count). The second kappa shape index (κ2) is 2.98. The highest BCUT2D eigenvalue weighted by Crippen LogP contribution is 1.77. The number of hydrogen-bond acceptors (Lipinski definition) is 2. The third-order valence-electron chi connectivity index (χ3n) is 0.502. The van der Waals surface area contributed by atoms with Gasteiger partial charge in [-0.15, -0.1) is 6.42 Å². The third-order valence-corrected chi connectivity index (χ3v) is 0.502. The summed E-state index contributed by atoms with van der Waals surface area (Å²) in [6.45, 7) is 0. The van der Waals surface area contributed by atoms with Crippen molar-refractivity contribution in [2.75, 3.05) is 0 Å². The van der Waals surface area contributed by atoms with Gasteiger partial charge in [0.15, 0.2) is 0 Å². The molecule has 0 atom stereocenters. The van der Waals surface area contributed by atoms with Crippen LogP contribution in [0.3, 0.4) is 0 Å². The molecule has 3 N–H and O–H groups in total. The maximum Gasteiger partial charge on any atom is 0.0572 e. The van der Waals surface area contributed by atoms with Gasteiger partial charge in [-0.2, -0.15) is 0 Å². The van der Waals surface area contributed by atoms with Gasteiger partial charge in [0.25, 0.3) is 0 Å². The first-order chi connectivity index (χ1) is 3.35. The lowest BCUT2D eigenvalue weighted by Crippen LogP contribution is -1.84. The summed E-state index contributed by atoms with van der Waals surface area (Å²) < 4.78 is 0. The number of allylic oxidation sites excluding steroid dienone is 1. The summed E-state index contributed by atoms with van der Waals surface area (Å²) in [5.74, 6) is 2.19. The molecule has 2 nitrogen and oxygen atoms in total. The maximum absolute atomic E-state index is 6.54. The van der Waals surface area contributed by atoms with Crippen molar-refractivity contribution in [1.29, 1.82) is 5.41 Å². The van der Waals surface area contributed by atoms with Gasteiger partial charge in [-0.25, -0.2) is 0 Å². The van der Waals surface area contributed by atoms with Crippen LogP contribution in [-0.2, 0) is 0 Å². The van der Waals surface area contributed by atoms with Crippen LogP contribution in [0.2, 0.25) is 0 Å². The van der Waals surface area contributed by atoms with Crippen LogP contribution in [-0.4, -0.2) is 6.21 Å². The van der Waals surface area contributed by atoms with Crippen LogP contribution >= 0.6 is 0 Å². The number of rotatable bonds is 1. The monoisotopic (exact) mass is 94.1 g/mol. The Morgan fingerprint density at radius 1 is 1.86 bits per heavy atom. The summed E-state index contributed by atoms with van der Waals surface area (Å²) in [6, 6.07) is 0. The average molecular weight is 94.1 g/mol. The standard InChI is InChI=1S/C5H6N2/c1-2-5(3-6)4-7/h1,3-4,6H,7H2/b5-4-,6-3?. The summed E-state index contributed by atoms with van der Waals surface area (Å²) >= 11 is 0. The Morgan fingerprint density at radius 2 is 2.43 bits per heavy atom. The van der Waals surface area contributed by atoms with Crippen molar-refractivity contribution in [3.05, 3.63) is 11.8 Å². The van der Waals surface area contributed by atoms with E-state index in [2.05, 4.69) is 5.92 Å². The molecule has 0 aliphatic heterocycles. The van der Waals surface area contributed by atoms with Gasteiger partial charge < -0.3 is 11.1 Å². The van der Waals surface area contributed by atoms with E-state index < -0.39 is 0 Å². The topological polar surface area (TPSA) is 49.9 Å². The first kappa shape index (κ1) is 5.77. The molecule has 2 heteroatoms. The zero-order chi connectivity index (χ0) is 5.70. The fourth-order valence-corrected chi connectivity index (χ4v) is 0.138. The van der Waals surface area contributed by atoms with Crippen LogP contribution in [0.1, 0.15) is 0 Å². The van der Waals surface area contributed by atoms with E-state index in [0.29, 0.717) is 5.57 Å². The van der Waals surface area contributed by atoms with E-state index >= 15 is 0 Å². The lowest BCUT2D eigenvalue weighted by atomic mass is 10.3. The minimum absolute atomic E-state index is 0.403. The molecular weight excluding hydrogens is 88.1 g/mol. The molecule has 0 aromatic heterocycles. The van der Waals surface area contributed by atoms with Crippen molar-refractivity contribution in [3.63, 3.8) is 0 Å². The molecule has 0 fully saturated rings. The molecule has 0 unspecified atom stereocenters. The van der Waals surface area contributed by atoms with Crippen molar-refractivity contribution in [3.8, 4) is 12.3 Å². The van der Waals surface area contributed by atoms with Crippen LogP contribution in [0.25, 0.3) is 0 Å². The van der Waals surface area contributed by atoms with Crippen LogP contribution < -0.4 is 5.73 Å². The Kier molecular flexibility index (Phi) is 2.46. The molecule has 0 spiro atoms. The Balaban J connectivity index is 3.94. The molecule has 36 valence electrons. The van der Waals surface area contributed by atoms with Gasteiger partial charge in [0.1, 0.15) is 0 Å². The molecule has 0 saturated heterocycles. The van der Waals surface area contributed by atoms with E-state index in [1.165, 1.54) is 6.20 Å².